The van der Waals surface area contributed by atoms with Crippen LogP contribution in [0.1, 0.15) is 18.4 Å². The molecule has 5 nitrogen and oxygen atoms in total. The molecule has 21 heavy (non-hydrogen) atoms. The van der Waals surface area contributed by atoms with Gasteiger partial charge in [0.05, 0.1) is 18.2 Å². The second-order valence-electron chi connectivity index (χ2n) is 5.09. The Labute approximate surface area is 121 Å². The average Bonchev–Trinajstić information content (AvgIpc) is 2.43. The minimum Gasteiger partial charge on any atom is -0.377 e. The summed E-state index contributed by atoms with van der Waals surface area (Å²) in [6.07, 6.45) is 1.32. The number of carbonyl (C=O) groups excluding carboxylic acids is 1. The Kier molecular flexibility index (Phi) is 4.70. The van der Waals surface area contributed by atoms with Crippen molar-refractivity contribution in [1.29, 1.82) is 5.26 Å². The van der Waals surface area contributed by atoms with Crippen LogP contribution in [0.2, 0.25) is 0 Å². The zero-order valence-electron chi connectivity index (χ0n) is 11.4. The molecule has 0 spiro atoms. The largest absolute Gasteiger partial charge is 0.377 e. The lowest BCUT2D eigenvalue weighted by Gasteiger charge is -2.32. The molecule has 1 aliphatic heterocycles. The highest BCUT2D eigenvalue weighted by Gasteiger charge is 2.22. The Bertz CT molecular complexity index is 554. The van der Waals surface area contributed by atoms with Crippen molar-refractivity contribution >= 4 is 11.6 Å². The molecule has 0 aromatic heterocycles. The van der Waals surface area contributed by atoms with Crippen LogP contribution in [-0.4, -0.2) is 36.5 Å². The highest BCUT2D eigenvalue weighted by atomic mass is 19.1. The van der Waals surface area contributed by atoms with E-state index in [-0.39, 0.29) is 29.7 Å². The Hall–Kier alpha value is -2.20. The van der Waals surface area contributed by atoms with Gasteiger partial charge in [-0.1, -0.05) is 0 Å². The molecular formula is C14H16F2N4O. The molecule has 112 valence electrons. The average molecular weight is 294 g/mol. The number of benzene rings is 1. The maximum atomic E-state index is 13.8. The molecule has 1 amide bonds. The maximum Gasteiger partial charge on any atom is 0.231 e. The number of nitrogens with two attached hydrogens (primary N) is 1. The number of halogens is 2. The molecule has 3 N–H and O–H groups in total. The van der Waals surface area contributed by atoms with Gasteiger partial charge >= 0.3 is 0 Å². The third-order valence-electron chi connectivity index (χ3n) is 3.49. The molecule has 1 aromatic carbocycles. The number of nitriles is 1. The van der Waals surface area contributed by atoms with Gasteiger partial charge in [-0.15, -0.1) is 0 Å². The van der Waals surface area contributed by atoms with Gasteiger partial charge in [0, 0.05) is 19.1 Å². The molecule has 0 radical (unpaired) electrons. The third-order valence-corrected chi connectivity index (χ3v) is 3.49. The number of nitrogens with zero attached hydrogens (tertiary/aromatic N) is 2. The second-order valence-corrected chi connectivity index (χ2v) is 5.09. The third kappa shape index (κ3) is 3.89. The van der Waals surface area contributed by atoms with E-state index in [1.54, 1.807) is 6.07 Å². The summed E-state index contributed by atoms with van der Waals surface area (Å²) in [6.45, 7) is 1.48. The summed E-state index contributed by atoms with van der Waals surface area (Å²) in [5.74, 6) is -1.93. The quantitative estimate of drug-likeness (QED) is 0.874. The number of likely N-dealkylation sites (tertiary alicyclic amines) is 1. The first-order valence-electron chi connectivity index (χ1n) is 6.66. The molecule has 1 aliphatic rings. The number of hydrogen-bond acceptors (Lipinski definition) is 4. The topological polar surface area (TPSA) is 82.2 Å². The number of nitrogens with one attached hydrogen (secondary N) is 1. The predicted molar refractivity (Wildman–Crippen MR) is 73.4 cm³/mol. The van der Waals surface area contributed by atoms with Crippen molar-refractivity contribution in [2.24, 2.45) is 5.73 Å². The molecule has 2 rings (SSSR count). The molecule has 0 aliphatic carbocycles. The Morgan fingerprint density at radius 1 is 1.38 bits per heavy atom. The SMILES string of the molecule is N#Cc1cc(F)c(NC2CCN(CC(N)=O)CC2)c(F)c1. The van der Waals surface area contributed by atoms with Crippen molar-refractivity contribution in [1.82, 2.24) is 4.90 Å². The zero-order valence-corrected chi connectivity index (χ0v) is 11.4. The van der Waals surface area contributed by atoms with Crippen LogP contribution in [0.3, 0.4) is 0 Å². The Morgan fingerprint density at radius 3 is 2.43 bits per heavy atom. The highest BCUT2D eigenvalue weighted by molar-refractivity contribution is 5.75. The van der Waals surface area contributed by atoms with Crippen LogP contribution >= 0.6 is 0 Å². The minimum absolute atomic E-state index is 0.0492. The zero-order chi connectivity index (χ0) is 15.4. The molecule has 0 atom stereocenters. The van der Waals surface area contributed by atoms with Gasteiger partial charge in [0.15, 0.2) is 11.6 Å². The van der Waals surface area contributed by atoms with Crippen molar-refractivity contribution in [2.45, 2.75) is 18.9 Å². The van der Waals surface area contributed by atoms with Gasteiger partial charge in [-0.2, -0.15) is 5.26 Å². The van der Waals surface area contributed by atoms with Gasteiger partial charge in [0.1, 0.15) is 5.69 Å². The molecule has 1 heterocycles. The van der Waals surface area contributed by atoms with E-state index < -0.39 is 11.6 Å². The van der Waals surface area contributed by atoms with E-state index in [1.807, 2.05) is 4.90 Å². The summed E-state index contributed by atoms with van der Waals surface area (Å²) in [5.41, 5.74) is 4.87. The number of amides is 1. The summed E-state index contributed by atoms with van der Waals surface area (Å²) >= 11 is 0. The van der Waals surface area contributed by atoms with Crippen molar-refractivity contribution in [2.75, 3.05) is 25.0 Å². The van der Waals surface area contributed by atoms with Crippen LogP contribution in [0.5, 0.6) is 0 Å². The van der Waals surface area contributed by atoms with Crippen LogP contribution in [0.15, 0.2) is 12.1 Å². The lowest BCUT2D eigenvalue weighted by molar-refractivity contribution is -0.119. The van der Waals surface area contributed by atoms with E-state index in [1.165, 1.54) is 0 Å². The normalized spacial score (nSPS) is 16.4. The van der Waals surface area contributed by atoms with Crippen molar-refractivity contribution in [3.8, 4) is 6.07 Å². The van der Waals surface area contributed by atoms with Crippen molar-refractivity contribution in [3.05, 3.63) is 29.3 Å². The summed E-state index contributed by atoms with van der Waals surface area (Å²) in [5, 5.41) is 11.5. The molecule has 0 unspecified atom stereocenters. The van der Waals surface area contributed by atoms with Gasteiger partial charge in [-0.25, -0.2) is 8.78 Å². The van der Waals surface area contributed by atoms with Gasteiger partial charge in [0.2, 0.25) is 5.91 Å². The van der Waals surface area contributed by atoms with E-state index in [0.717, 1.165) is 12.1 Å². The standard InChI is InChI=1S/C14H16F2N4O/c15-11-5-9(7-17)6-12(16)14(11)19-10-1-3-20(4-2-10)8-13(18)21/h5-6,10,19H,1-4,8H2,(H2,18,21). The van der Waals surface area contributed by atoms with E-state index in [9.17, 15) is 13.6 Å². The molecule has 1 saturated heterocycles. The van der Waals surface area contributed by atoms with Crippen molar-refractivity contribution in [3.63, 3.8) is 0 Å². The van der Waals surface area contributed by atoms with Gasteiger partial charge in [-0.05, 0) is 25.0 Å². The summed E-state index contributed by atoms with van der Waals surface area (Å²) in [7, 11) is 0. The first kappa shape index (κ1) is 15.2. The van der Waals surface area contributed by atoms with Crippen LogP contribution in [0.4, 0.5) is 14.5 Å². The summed E-state index contributed by atoms with van der Waals surface area (Å²) in [4.78, 5) is 12.7. The molecule has 1 fully saturated rings. The number of hydrogen-bond donors (Lipinski definition) is 2. The number of piperidine rings is 1. The van der Waals surface area contributed by atoms with Crippen LogP contribution < -0.4 is 11.1 Å². The van der Waals surface area contributed by atoms with E-state index in [2.05, 4.69) is 5.32 Å². The number of anilines is 1. The molecule has 7 heteroatoms. The summed E-state index contributed by atoms with van der Waals surface area (Å²) in [6, 6.07) is 3.64. The lowest BCUT2D eigenvalue weighted by atomic mass is 10.0. The smallest absolute Gasteiger partial charge is 0.231 e. The van der Waals surface area contributed by atoms with Crippen molar-refractivity contribution < 1.29 is 13.6 Å². The lowest BCUT2D eigenvalue weighted by Crippen LogP contribution is -2.43. The second kappa shape index (κ2) is 6.50. The predicted octanol–water partition coefficient (Wildman–Crippen LogP) is 1.20. The Balaban J connectivity index is 1.98. The van der Waals surface area contributed by atoms with Gasteiger partial charge < -0.3 is 11.1 Å². The van der Waals surface area contributed by atoms with Gasteiger partial charge in [-0.3, -0.25) is 9.69 Å². The van der Waals surface area contributed by atoms with Crippen LogP contribution in [-0.2, 0) is 4.79 Å². The first-order chi connectivity index (χ1) is 9.99. The molecule has 0 bridgehead atoms. The highest BCUT2D eigenvalue weighted by Crippen LogP contribution is 2.24. The number of rotatable bonds is 4. The molecule has 1 aromatic rings. The van der Waals surface area contributed by atoms with E-state index in [4.69, 9.17) is 11.0 Å². The first-order valence-corrected chi connectivity index (χ1v) is 6.66. The fraction of sp³-hybridized carbons (Fsp3) is 0.429. The van der Waals surface area contributed by atoms with E-state index >= 15 is 0 Å². The van der Waals surface area contributed by atoms with Gasteiger partial charge in [0.25, 0.3) is 0 Å². The fourth-order valence-electron chi connectivity index (χ4n) is 2.44. The molecular weight excluding hydrogens is 278 g/mol. The molecule has 0 saturated carbocycles. The van der Waals surface area contributed by atoms with Crippen LogP contribution in [0, 0.1) is 23.0 Å². The number of primary amides is 1. The monoisotopic (exact) mass is 294 g/mol. The van der Waals surface area contributed by atoms with E-state index in [0.29, 0.717) is 25.9 Å². The minimum atomic E-state index is -0.772. The number of carbonyl (C=O) groups is 1. The maximum absolute atomic E-state index is 13.8. The Morgan fingerprint density at radius 2 is 1.95 bits per heavy atom. The van der Waals surface area contributed by atoms with Crippen LogP contribution in [0.25, 0.3) is 0 Å². The fourth-order valence-corrected chi connectivity index (χ4v) is 2.44. The summed E-state index contributed by atoms with van der Waals surface area (Å²) < 4.78 is 27.6.